The number of amides is 2. The standard InChI is InChI=1S/C16H18N2O4/c19-14-9-18(13-8-4-3-7-12(13)17-14)15(20)10-22-16(21)11-5-1-2-6-11/h3-4,7-8,11H,1-2,5-6,9-10H2,(H,17,19). The van der Waals surface area contributed by atoms with Crippen LogP contribution in [-0.2, 0) is 19.1 Å². The molecule has 0 unspecified atom stereocenters. The molecule has 0 spiro atoms. The van der Waals surface area contributed by atoms with Gasteiger partial charge in [0.25, 0.3) is 5.91 Å². The number of esters is 1. The number of rotatable bonds is 3. The van der Waals surface area contributed by atoms with Gasteiger partial charge in [-0.05, 0) is 25.0 Å². The van der Waals surface area contributed by atoms with Crippen molar-refractivity contribution in [3.05, 3.63) is 24.3 Å². The van der Waals surface area contributed by atoms with Crippen molar-refractivity contribution in [3.63, 3.8) is 0 Å². The molecule has 0 aromatic heterocycles. The Labute approximate surface area is 128 Å². The highest BCUT2D eigenvalue weighted by atomic mass is 16.5. The highest BCUT2D eigenvalue weighted by molar-refractivity contribution is 6.10. The van der Waals surface area contributed by atoms with Crippen molar-refractivity contribution < 1.29 is 19.1 Å². The molecule has 1 N–H and O–H groups in total. The van der Waals surface area contributed by atoms with Crippen LogP contribution in [0, 0.1) is 5.92 Å². The first kappa shape index (κ1) is 14.6. The summed E-state index contributed by atoms with van der Waals surface area (Å²) in [4.78, 5) is 37.2. The second kappa shape index (κ2) is 6.17. The third-order valence-electron chi connectivity index (χ3n) is 4.10. The molecule has 0 saturated heterocycles. The van der Waals surface area contributed by atoms with Crippen LogP contribution in [-0.4, -0.2) is 30.9 Å². The molecular weight excluding hydrogens is 284 g/mol. The Morgan fingerprint density at radius 3 is 2.73 bits per heavy atom. The summed E-state index contributed by atoms with van der Waals surface area (Å²) in [6, 6.07) is 7.07. The van der Waals surface area contributed by atoms with Gasteiger partial charge in [0.05, 0.1) is 17.3 Å². The van der Waals surface area contributed by atoms with Gasteiger partial charge in [-0.1, -0.05) is 25.0 Å². The maximum atomic E-state index is 12.3. The van der Waals surface area contributed by atoms with E-state index in [9.17, 15) is 14.4 Å². The van der Waals surface area contributed by atoms with Crippen molar-refractivity contribution in [2.75, 3.05) is 23.4 Å². The first-order valence-corrected chi connectivity index (χ1v) is 7.51. The van der Waals surface area contributed by atoms with E-state index in [4.69, 9.17) is 4.74 Å². The van der Waals surface area contributed by atoms with E-state index in [-0.39, 0.29) is 36.9 Å². The fourth-order valence-electron chi connectivity index (χ4n) is 2.95. The molecular formula is C16H18N2O4. The zero-order valence-electron chi connectivity index (χ0n) is 12.2. The quantitative estimate of drug-likeness (QED) is 0.862. The monoisotopic (exact) mass is 302 g/mol. The molecule has 1 aromatic carbocycles. The topological polar surface area (TPSA) is 75.7 Å². The third-order valence-corrected chi connectivity index (χ3v) is 4.10. The van der Waals surface area contributed by atoms with Crippen LogP contribution >= 0.6 is 0 Å². The zero-order chi connectivity index (χ0) is 15.5. The van der Waals surface area contributed by atoms with Gasteiger partial charge in [0.2, 0.25) is 5.91 Å². The van der Waals surface area contributed by atoms with Crippen LogP contribution < -0.4 is 10.2 Å². The number of nitrogens with zero attached hydrogens (tertiary/aromatic N) is 1. The molecule has 1 aliphatic carbocycles. The number of fused-ring (bicyclic) bond motifs is 1. The lowest BCUT2D eigenvalue weighted by molar-refractivity contribution is -0.151. The molecule has 1 aliphatic heterocycles. The fraction of sp³-hybridized carbons (Fsp3) is 0.438. The number of nitrogens with one attached hydrogen (secondary N) is 1. The van der Waals surface area contributed by atoms with E-state index in [1.54, 1.807) is 24.3 Å². The molecule has 22 heavy (non-hydrogen) atoms. The number of anilines is 2. The van der Waals surface area contributed by atoms with Crippen molar-refractivity contribution in [1.29, 1.82) is 0 Å². The molecule has 0 atom stereocenters. The van der Waals surface area contributed by atoms with Crippen molar-refractivity contribution in [1.82, 2.24) is 0 Å². The summed E-state index contributed by atoms with van der Waals surface area (Å²) in [7, 11) is 0. The van der Waals surface area contributed by atoms with Gasteiger partial charge in [-0.15, -0.1) is 0 Å². The van der Waals surface area contributed by atoms with E-state index in [0.717, 1.165) is 25.7 Å². The number of hydrogen-bond acceptors (Lipinski definition) is 4. The molecule has 6 heteroatoms. The predicted molar refractivity (Wildman–Crippen MR) is 80.3 cm³/mol. The second-order valence-corrected chi connectivity index (χ2v) is 5.63. The van der Waals surface area contributed by atoms with E-state index < -0.39 is 0 Å². The van der Waals surface area contributed by atoms with E-state index in [2.05, 4.69) is 5.32 Å². The molecule has 0 bridgehead atoms. The molecule has 0 radical (unpaired) electrons. The van der Waals surface area contributed by atoms with E-state index in [1.807, 2.05) is 0 Å². The summed E-state index contributed by atoms with van der Waals surface area (Å²) in [6.45, 7) is -0.381. The van der Waals surface area contributed by atoms with Gasteiger partial charge in [0.15, 0.2) is 6.61 Å². The van der Waals surface area contributed by atoms with Crippen molar-refractivity contribution in [2.24, 2.45) is 5.92 Å². The Bertz CT molecular complexity index is 608. The van der Waals surface area contributed by atoms with Gasteiger partial charge in [0.1, 0.15) is 6.54 Å². The highest BCUT2D eigenvalue weighted by Crippen LogP contribution is 2.29. The summed E-state index contributed by atoms with van der Waals surface area (Å²) in [5.74, 6) is -1.02. The molecule has 6 nitrogen and oxygen atoms in total. The van der Waals surface area contributed by atoms with Crippen LogP contribution in [0.4, 0.5) is 11.4 Å². The Morgan fingerprint density at radius 1 is 1.23 bits per heavy atom. The Hall–Kier alpha value is -2.37. The molecule has 116 valence electrons. The van der Waals surface area contributed by atoms with Crippen LogP contribution in [0.2, 0.25) is 0 Å². The average Bonchev–Trinajstić information content (AvgIpc) is 3.06. The normalized spacial score (nSPS) is 17.8. The van der Waals surface area contributed by atoms with Crippen LogP contribution in [0.15, 0.2) is 24.3 Å². The summed E-state index contributed by atoms with van der Waals surface area (Å²) in [5.41, 5.74) is 1.22. The lowest BCUT2D eigenvalue weighted by Crippen LogP contribution is -2.44. The third kappa shape index (κ3) is 2.95. The number of benzene rings is 1. The Morgan fingerprint density at radius 2 is 1.95 bits per heavy atom. The first-order chi connectivity index (χ1) is 10.6. The number of para-hydroxylation sites is 2. The number of hydrogen-bond donors (Lipinski definition) is 1. The first-order valence-electron chi connectivity index (χ1n) is 7.51. The van der Waals surface area contributed by atoms with Gasteiger partial charge in [-0.25, -0.2) is 0 Å². The number of carbonyl (C=O) groups is 3. The van der Waals surface area contributed by atoms with Crippen molar-refractivity contribution in [3.8, 4) is 0 Å². The van der Waals surface area contributed by atoms with Crippen molar-refractivity contribution >= 4 is 29.2 Å². The van der Waals surface area contributed by atoms with Gasteiger partial charge < -0.3 is 10.1 Å². The average molecular weight is 302 g/mol. The minimum Gasteiger partial charge on any atom is -0.455 e. The zero-order valence-corrected chi connectivity index (χ0v) is 12.2. The van der Waals surface area contributed by atoms with E-state index >= 15 is 0 Å². The minimum atomic E-state index is -0.381. The van der Waals surface area contributed by atoms with Crippen LogP contribution in [0.5, 0.6) is 0 Å². The Balaban J connectivity index is 1.65. The van der Waals surface area contributed by atoms with Crippen LogP contribution in [0.25, 0.3) is 0 Å². The van der Waals surface area contributed by atoms with Gasteiger partial charge in [-0.3, -0.25) is 19.3 Å². The SMILES string of the molecule is O=C1CN(C(=O)COC(=O)C2CCCC2)c2ccccc2N1. The number of ether oxygens (including phenoxy) is 1. The fourth-order valence-corrected chi connectivity index (χ4v) is 2.95. The van der Waals surface area contributed by atoms with Crippen LogP contribution in [0.1, 0.15) is 25.7 Å². The lowest BCUT2D eigenvalue weighted by Gasteiger charge is -2.29. The van der Waals surface area contributed by atoms with Gasteiger partial charge >= 0.3 is 5.97 Å². The lowest BCUT2D eigenvalue weighted by atomic mass is 10.1. The second-order valence-electron chi connectivity index (χ2n) is 5.63. The minimum absolute atomic E-state index is 0.0587. The van der Waals surface area contributed by atoms with Gasteiger partial charge in [0, 0.05) is 0 Å². The maximum absolute atomic E-state index is 12.3. The molecule has 3 rings (SSSR count). The molecule has 1 aromatic rings. The van der Waals surface area contributed by atoms with Crippen molar-refractivity contribution in [2.45, 2.75) is 25.7 Å². The molecule has 2 amide bonds. The highest BCUT2D eigenvalue weighted by Gasteiger charge is 2.29. The molecule has 2 aliphatic rings. The summed E-state index contributed by atoms with van der Waals surface area (Å²) in [5, 5.41) is 2.71. The summed E-state index contributed by atoms with van der Waals surface area (Å²) < 4.78 is 5.13. The van der Waals surface area contributed by atoms with Gasteiger partial charge in [-0.2, -0.15) is 0 Å². The predicted octanol–water partition coefficient (Wildman–Crippen LogP) is 1.71. The van der Waals surface area contributed by atoms with Crippen LogP contribution in [0.3, 0.4) is 0 Å². The largest absolute Gasteiger partial charge is 0.455 e. The van der Waals surface area contributed by atoms with E-state index in [0.29, 0.717) is 11.4 Å². The molecule has 1 fully saturated rings. The Kier molecular flexibility index (Phi) is 4.09. The summed E-state index contributed by atoms with van der Waals surface area (Å²) in [6.07, 6.45) is 3.74. The smallest absolute Gasteiger partial charge is 0.309 e. The maximum Gasteiger partial charge on any atom is 0.309 e. The number of carbonyl (C=O) groups excluding carboxylic acids is 3. The molecule has 1 heterocycles. The van der Waals surface area contributed by atoms with E-state index in [1.165, 1.54) is 4.90 Å². The summed E-state index contributed by atoms with van der Waals surface area (Å²) >= 11 is 0. The molecule has 1 saturated carbocycles.